The second-order valence-corrected chi connectivity index (χ2v) is 8.35. The molecule has 1 fully saturated rings. The van der Waals surface area contributed by atoms with Crippen LogP contribution in [0.4, 0.5) is 18.9 Å². The lowest BCUT2D eigenvalue weighted by Crippen LogP contribution is -2.29. The summed E-state index contributed by atoms with van der Waals surface area (Å²) in [6.45, 7) is 0. The Labute approximate surface area is 203 Å². The third kappa shape index (κ3) is 4.02. The van der Waals surface area contributed by atoms with E-state index in [1.165, 1.54) is 26.4 Å². The van der Waals surface area contributed by atoms with Crippen LogP contribution in [0.15, 0.2) is 48.5 Å². The zero-order valence-electron chi connectivity index (χ0n) is 19.2. The highest BCUT2D eigenvalue weighted by molar-refractivity contribution is 6.02. The van der Waals surface area contributed by atoms with Gasteiger partial charge in [-0.15, -0.1) is 10.2 Å². The zero-order chi connectivity index (χ0) is 25.4. The fourth-order valence-electron chi connectivity index (χ4n) is 4.29. The number of hydrogen-bond acceptors (Lipinski definition) is 6. The number of carbonyl (C=O) groups is 1. The van der Waals surface area contributed by atoms with Crippen molar-refractivity contribution < 1.29 is 27.4 Å². The summed E-state index contributed by atoms with van der Waals surface area (Å²) in [6, 6.07) is 10.7. The van der Waals surface area contributed by atoms with Crippen LogP contribution >= 0.6 is 0 Å². The van der Waals surface area contributed by atoms with E-state index in [1.54, 1.807) is 18.2 Å². The second-order valence-electron chi connectivity index (χ2n) is 8.35. The van der Waals surface area contributed by atoms with Crippen molar-refractivity contribution in [1.82, 2.24) is 20.6 Å². The molecule has 0 saturated heterocycles. The summed E-state index contributed by atoms with van der Waals surface area (Å²) in [5.41, 5.74) is -0.0691. The fraction of sp³-hybridized carbons (Fsp3) is 0.200. The highest BCUT2D eigenvalue weighted by Crippen LogP contribution is 2.50. The first-order valence-electron chi connectivity index (χ1n) is 10.9. The highest BCUT2D eigenvalue weighted by Gasteiger charge is 2.52. The van der Waals surface area contributed by atoms with Gasteiger partial charge in [0.05, 0.1) is 19.6 Å². The summed E-state index contributed by atoms with van der Waals surface area (Å²) in [5, 5.41) is 16.5. The molecule has 1 saturated carbocycles. The number of benzene rings is 3. The smallest absolute Gasteiger partial charge is 0.235 e. The molecule has 0 aliphatic heterocycles. The molecule has 1 aromatic heterocycles. The summed E-state index contributed by atoms with van der Waals surface area (Å²) in [5.74, 6) is -1.77. The average Bonchev–Trinajstić information content (AvgIpc) is 3.48. The van der Waals surface area contributed by atoms with Gasteiger partial charge in [-0.3, -0.25) is 4.79 Å². The first-order chi connectivity index (χ1) is 17.4. The first kappa shape index (κ1) is 23.3. The van der Waals surface area contributed by atoms with Crippen LogP contribution in [0.2, 0.25) is 0 Å². The first-order valence-corrected chi connectivity index (χ1v) is 10.9. The van der Waals surface area contributed by atoms with E-state index in [1.807, 2.05) is 0 Å². The number of H-pyrrole nitrogens is 1. The van der Waals surface area contributed by atoms with E-state index in [2.05, 4.69) is 25.9 Å². The van der Waals surface area contributed by atoms with E-state index < -0.39 is 28.8 Å². The van der Waals surface area contributed by atoms with Crippen LogP contribution in [-0.2, 0) is 10.2 Å². The van der Waals surface area contributed by atoms with Crippen molar-refractivity contribution in [3.05, 3.63) is 71.5 Å². The summed E-state index contributed by atoms with van der Waals surface area (Å²) < 4.78 is 54.0. The number of methoxy groups -OCH3 is 2. The number of aromatic nitrogens is 4. The number of anilines is 1. The molecule has 1 aliphatic carbocycles. The Bertz CT molecular complexity index is 1460. The van der Waals surface area contributed by atoms with E-state index in [-0.39, 0.29) is 28.2 Å². The number of amides is 1. The number of ether oxygens (including phenoxy) is 2. The van der Waals surface area contributed by atoms with E-state index in [4.69, 9.17) is 9.47 Å². The lowest BCUT2D eigenvalue weighted by atomic mass is 9.93. The van der Waals surface area contributed by atoms with Gasteiger partial charge in [-0.05, 0) is 54.0 Å². The molecule has 0 bridgehead atoms. The predicted octanol–water partition coefficient (Wildman–Crippen LogP) is 4.64. The average molecular weight is 495 g/mol. The van der Waals surface area contributed by atoms with Crippen molar-refractivity contribution in [1.29, 1.82) is 0 Å². The zero-order valence-corrected chi connectivity index (χ0v) is 19.2. The summed E-state index contributed by atoms with van der Waals surface area (Å²) in [7, 11) is 2.96. The lowest BCUT2D eigenvalue weighted by molar-refractivity contribution is -0.118. The van der Waals surface area contributed by atoms with Gasteiger partial charge in [0.15, 0.2) is 11.5 Å². The van der Waals surface area contributed by atoms with Crippen LogP contribution < -0.4 is 14.8 Å². The Hall–Kier alpha value is -4.41. The monoisotopic (exact) mass is 495 g/mol. The van der Waals surface area contributed by atoms with Crippen molar-refractivity contribution in [2.45, 2.75) is 18.3 Å². The van der Waals surface area contributed by atoms with Crippen molar-refractivity contribution in [3.63, 3.8) is 0 Å². The topological polar surface area (TPSA) is 102 Å². The molecule has 1 heterocycles. The molecule has 3 aromatic carbocycles. The number of hydrogen-bond donors (Lipinski definition) is 2. The van der Waals surface area contributed by atoms with Gasteiger partial charge in [0.2, 0.25) is 11.7 Å². The minimum Gasteiger partial charge on any atom is -0.493 e. The Morgan fingerprint density at radius 3 is 2.39 bits per heavy atom. The number of carbonyl (C=O) groups excluding carboxylic acids is 1. The Morgan fingerprint density at radius 2 is 1.75 bits per heavy atom. The molecule has 1 aliphatic rings. The van der Waals surface area contributed by atoms with Gasteiger partial charge in [0.1, 0.15) is 17.5 Å². The third-order valence-corrected chi connectivity index (χ3v) is 6.24. The SMILES string of the molecule is COc1ccc(-c2c(F)cc(NC(=O)C3(c4ccc(F)cc4F)CC3)cc2-c2nn[nH]n2)cc1OC. The second kappa shape index (κ2) is 8.99. The largest absolute Gasteiger partial charge is 0.493 e. The van der Waals surface area contributed by atoms with Crippen LogP contribution in [0.3, 0.4) is 0 Å². The molecular formula is C25H20F3N5O3. The van der Waals surface area contributed by atoms with Crippen molar-refractivity contribution in [3.8, 4) is 34.0 Å². The maximum atomic E-state index is 15.6. The molecule has 1 amide bonds. The van der Waals surface area contributed by atoms with Gasteiger partial charge in [0.25, 0.3) is 0 Å². The molecule has 0 unspecified atom stereocenters. The van der Waals surface area contributed by atoms with Gasteiger partial charge >= 0.3 is 0 Å². The molecule has 8 nitrogen and oxygen atoms in total. The molecule has 0 radical (unpaired) electrons. The van der Waals surface area contributed by atoms with Crippen molar-refractivity contribution in [2.24, 2.45) is 0 Å². The predicted molar refractivity (Wildman–Crippen MR) is 124 cm³/mol. The number of nitrogens with zero attached hydrogens (tertiary/aromatic N) is 3. The minimum atomic E-state index is -1.15. The van der Waals surface area contributed by atoms with Gasteiger partial charge < -0.3 is 14.8 Å². The Balaban J connectivity index is 1.55. The number of rotatable bonds is 7. The van der Waals surface area contributed by atoms with E-state index >= 15 is 4.39 Å². The number of halogens is 3. The standard InChI is InChI=1S/C25H20F3N5O3/c1-35-20-6-3-13(9-21(20)36-2)22-16(23-30-32-33-31-23)11-15(12-19(22)28)29-24(34)25(7-8-25)17-5-4-14(26)10-18(17)27/h3-6,9-12H,7-8H2,1-2H3,(H,29,34)(H,30,31,32,33). The van der Waals surface area contributed by atoms with Gasteiger partial charge in [0, 0.05) is 28.4 Å². The molecule has 2 N–H and O–H groups in total. The maximum Gasteiger partial charge on any atom is 0.235 e. The minimum absolute atomic E-state index is 0.0977. The van der Waals surface area contributed by atoms with Gasteiger partial charge in [-0.25, -0.2) is 13.2 Å². The Kier molecular flexibility index (Phi) is 5.83. The van der Waals surface area contributed by atoms with Gasteiger partial charge in [-0.2, -0.15) is 5.21 Å². The highest BCUT2D eigenvalue weighted by atomic mass is 19.1. The molecule has 36 heavy (non-hydrogen) atoms. The molecule has 4 aromatic rings. The summed E-state index contributed by atoms with van der Waals surface area (Å²) >= 11 is 0. The van der Waals surface area contributed by atoms with Crippen LogP contribution in [0.25, 0.3) is 22.5 Å². The molecule has 11 heteroatoms. The fourth-order valence-corrected chi connectivity index (χ4v) is 4.29. The quantitative estimate of drug-likeness (QED) is 0.387. The van der Waals surface area contributed by atoms with E-state index in [0.29, 0.717) is 29.9 Å². The summed E-state index contributed by atoms with van der Waals surface area (Å²) in [4.78, 5) is 13.2. The van der Waals surface area contributed by atoms with E-state index in [9.17, 15) is 13.6 Å². The van der Waals surface area contributed by atoms with E-state index in [0.717, 1.165) is 18.2 Å². The van der Waals surface area contributed by atoms with Gasteiger partial charge in [-0.1, -0.05) is 12.1 Å². The number of aromatic amines is 1. The van der Waals surface area contributed by atoms with Crippen molar-refractivity contribution in [2.75, 3.05) is 19.5 Å². The third-order valence-electron chi connectivity index (χ3n) is 6.24. The van der Waals surface area contributed by atoms with Crippen LogP contribution in [0.5, 0.6) is 11.5 Å². The number of nitrogens with one attached hydrogen (secondary N) is 2. The molecule has 0 atom stereocenters. The lowest BCUT2D eigenvalue weighted by Gasteiger charge is -2.18. The Morgan fingerprint density at radius 1 is 0.972 bits per heavy atom. The van der Waals surface area contributed by atoms with Crippen LogP contribution in [0, 0.1) is 17.5 Å². The molecule has 184 valence electrons. The normalized spacial score (nSPS) is 13.8. The summed E-state index contributed by atoms with van der Waals surface area (Å²) in [6.07, 6.45) is 0.761. The maximum absolute atomic E-state index is 15.6. The number of tetrazole rings is 1. The van der Waals surface area contributed by atoms with Crippen LogP contribution in [0.1, 0.15) is 18.4 Å². The molecule has 0 spiro atoms. The van der Waals surface area contributed by atoms with Crippen LogP contribution in [-0.4, -0.2) is 40.8 Å². The molecule has 5 rings (SSSR count). The molecular weight excluding hydrogens is 475 g/mol. The van der Waals surface area contributed by atoms with Crippen molar-refractivity contribution >= 4 is 11.6 Å².